The van der Waals surface area contributed by atoms with Gasteiger partial charge >= 0.3 is 106 Å². The van der Waals surface area contributed by atoms with Gasteiger partial charge in [0.05, 0.1) is 0 Å². The van der Waals surface area contributed by atoms with Gasteiger partial charge in [-0.3, -0.25) is 0 Å². The number of allylic oxidation sites excluding steroid dienone is 8. The molecule has 1 fully saturated rings. The molecule has 0 nitrogen and oxygen atoms in total. The Hall–Kier alpha value is -0.521. The van der Waals surface area contributed by atoms with Crippen LogP contribution in [0.3, 0.4) is 0 Å². The first kappa shape index (κ1) is 10.6. The van der Waals surface area contributed by atoms with E-state index < -0.39 is 0 Å². The molecule has 0 radical (unpaired) electrons. The van der Waals surface area contributed by atoms with E-state index in [0.29, 0.717) is 0 Å². The van der Waals surface area contributed by atoms with Crippen LogP contribution in [-0.2, 0) is 16.0 Å². The number of hydrogen-bond donors (Lipinski definition) is 0. The summed E-state index contributed by atoms with van der Waals surface area (Å²) in [5.41, 5.74) is 4.64. The van der Waals surface area contributed by atoms with Crippen molar-refractivity contribution in [3.8, 4) is 0 Å². The van der Waals surface area contributed by atoms with E-state index in [-0.39, 0.29) is 0 Å². The van der Waals surface area contributed by atoms with Crippen LogP contribution in [0.15, 0.2) is 45.5 Å². The third-order valence-electron chi connectivity index (χ3n) is 3.95. The van der Waals surface area contributed by atoms with E-state index >= 15 is 0 Å². The Morgan fingerprint density at radius 1 is 1.00 bits per heavy atom. The molecule has 3 aliphatic carbocycles. The molecular formula is C15H17Fe. The second-order valence-corrected chi connectivity index (χ2v) is 5.60. The zero-order valence-corrected chi connectivity index (χ0v) is 10.6. The molecule has 0 aliphatic heterocycles. The molecule has 0 atom stereocenters. The van der Waals surface area contributed by atoms with Crippen LogP contribution in [-0.4, -0.2) is 0 Å². The number of rotatable bonds is 2. The summed E-state index contributed by atoms with van der Waals surface area (Å²) in [7, 11) is 0. The Kier molecular flexibility index (Phi) is 2.91. The summed E-state index contributed by atoms with van der Waals surface area (Å²) in [6.07, 6.45) is 17.0. The molecule has 0 aromatic carbocycles. The molecule has 1 saturated carbocycles. The van der Waals surface area contributed by atoms with Crippen molar-refractivity contribution in [1.29, 1.82) is 0 Å². The molecule has 1 heteroatoms. The van der Waals surface area contributed by atoms with Gasteiger partial charge in [0, 0.05) is 0 Å². The van der Waals surface area contributed by atoms with Crippen LogP contribution in [0.5, 0.6) is 0 Å². The molecule has 0 bridgehead atoms. The monoisotopic (exact) mass is 253 g/mol. The Balaban J connectivity index is 1.96. The van der Waals surface area contributed by atoms with Crippen molar-refractivity contribution in [2.45, 2.75) is 38.5 Å². The minimum atomic E-state index is 0.836. The summed E-state index contributed by atoms with van der Waals surface area (Å²) in [5.74, 6) is 0.836. The molecule has 0 N–H and O–H groups in total. The van der Waals surface area contributed by atoms with Gasteiger partial charge in [0.25, 0.3) is 0 Å². The van der Waals surface area contributed by atoms with Crippen molar-refractivity contribution < 1.29 is 16.0 Å². The first-order valence-electron chi connectivity index (χ1n) is 6.30. The Morgan fingerprint density at radius 3 is 2.44 bits per heavy atom. The summed E-state index contributed by atoms with van der Waals surface area (Å²) in [4.78, 5) is 0. The maximum absolute atomic E-state index is 4.18. The third kappa shape index (κ3) is 1.77. The molecule has 0 spiro atoms. The Bertz CT molecular complexity index is 415. The zero-order valence-electron chi connectivity index (χ0n) is 9.48. The maximum atomic E-state index is 4.18. The van der Waals surface area contributed by atoms with Gasteiger partial charge in [-0.1, -0.05) is 0 Å². The molecular weight excluding hydrogens is 236 g/mol. The SMILES string of the molecule is [Fe][C]1=C(C2=C(C3CCCC3)C=CC2)C=CC1. The summed E-state index contributed by atoms with van der Waals surface area (Å²) in [6, 6.07) is 0. The fourth-order valence-electron chi connectivity index (χ4n) is 3.14. The first-order chi connectivity index (χ1) is 7.86. The van der Waals surface area contributed by atoms with E-state index in [4.69, 9.17) is 0 Å². The molecule has 0 aromatic heterocycles. The normalized spacial score (nSPS) is 25.6. The fraction of sp³-hybridized carbons (Fsp3) is 0.467. The van der Waals surface area contributed by atoms with Crippen LogP contribution >= 0.6 is 0 Å². The van der Waals surface area contributed by atoms with Gasteiger partial charge in [0.2, 0.25) is 0 Å². The first-order valence-corrected chi connectivity index (χ1v) is 6.85. The van der Waals surface area contributed by atoms with Gasteiger partial charge in [-0.2, -0.15) is 0 Å². The molecule has 3 aliphatic rings. The summed E-state index contributed by atoms with van der Waals surface area (Å²) in [5, 5.41) is 0. The average Bonchev–Trinajstić information content (AvgIpc) is 2.95. The van der Waals surface area contributed by atoms with Crippen LogP contribution in [0, 0.1) is 5.92 Å². The second-order valence-electron chi connectivity index (χ2n) is 4.93. The van der Waals surface area contributed by atoms with Gasteiger partial charge in [-0.05, 0) is 0 Å². The predicted molar refractivity (Wildman–Crippen MR) is 63.5 cm³/mol. The van der Waals surface area contributed by atoms with Crippen molar-refractivity contribution in [3.05, 3.63) is 45.5 Å². The van der Waals surface area contributed by atoms with Crippen molar-refractivity contribution in [2.75, 3.05) is 0 Å². The van der Waals surface area contributed by atoms with Crippen molar-refractivity contribution in [3.63, 3.8) is 0 Å². The summed E-state index contributed by atoms with van der Waals surface area (Å²) >= 11 is 4.18. The van der Waals surface area contributed by atoms with Gasteiger partial charge in [-0.15, -0.1) is 0 Å². The molecule has 0 unspecified atom stereocenters. The van der Waals surface area contributed by atoms with Crippen LogP contribution in [0.2, 0.25) is 0 Å². The van der Waals surface area contributed by atoms with E-state index in [0.717, 1.165) is 18.8 Å². The van der Waals surface area contributed by atoms with Crippen LogP contribution in [0.25, 0.3) is 0 Å². The van der Waals surface area contributed by atoms with Crippen LogP contribution in [0.4, 0.5) is 0 Å². The van der Waals surface area contributed by atoms with Crippen molar-refractivity contribution in [2.24, 2.45) is 5.92 Å². The van der Waals surface area contributed by atoms with Crippen molar-refractivity contribution >= 4 is 0 Å². The average molecular weight is 253 g/mol. The van der Waals surface area contributed by atoms with E-state index in [2.05, 4.69) is 40.3 Å². The second kappa shape index (κ2) is 4.39. The van der Waals surface area contributed by atoms with Crippen LogP contribution in [0.1, 0.15) is 38.5 Å². The fourth-order valence-corrected chi connectivity index (χ4v) is 3.53. The molecule has 0 amide bonds. The van der Waals surface area contributed by atoms with Gasteiger partial charge in [0.1, 0.15) is 0 Å². The molecule has 3 rings (SSSR count). The molecule has 16 heavy (non-hydrogen) atoms. The van der Waals surface area contributed by atoms with E-state index in [1.165, 1.54) is 35.7 Å². The summed E-state index contributed by atoms with van der Waals surface area (Å²) in [6.45, 7) is 0. The van der Waals surface area contributed by atoms with E-state index in [9.17, 15) is 0 Å². The van der Waals surface area contributed by atoms with E-state index in [1.807, 2.05) is 0 Å². The third-order valence-corrected chi connectivity index (χ3v) is 4.47. The molecule has 85 valence electrons. The summed E-state index contributed by atoms with van der Waals surface area (Å²) < 4.78 is 1.31. The van der Waals surface area contributed by atoms with E-state index in [1.54, 1.807) is 11.1 Å². The Labute approximate surface area is 106 Å². The molecule has 0 saturated heterocycles. The standard InChI is InChI=1S/C15H17.Fe/c1-2-7-12(6-1)14-10-5-11-15(14)13-8-3-4-9-13;/h1,5-6,11,13H,2-4,8-10H2;. The number of hydrogen-bond acceptors (Lipinski definition) is 0. The Morgan fingerprint density at radius 2 is 1.75 bits per heavy atom. The van der Waals surface area contributed by atoms with Gasteiger partial charge in [0.15, 0.2) is 0 Å². The van der Waals surface area contributed by atoms with Gasteiger partial charge < -0.3 is 0 Å². The minimum absolute atomic E-state index is 0.836. The quantitative estimate of drug-likeness (QED) is 0.647. The zero-order chi connectivity index (χ0) is 11.0. The molecule has 0 aromatic rings. The molecule has 0 heterocycles. The van der Waals surface area contributed by atoms with Crippen LogP contribution < -0.4 is 0 Å². The van der Waals surface area contributed by atoms with Gasteiger partial charge in [-0.25, -0.2) is 0 Å². The predicted octanol–water partition coefficient (Wildman–Crippen LogP) is 4.19. The van der Waals surface area contributed by atoms with Crippen molar-refractivity contribution in [1.82, 2.24) is 0 Å². The topological polar surface area (TPSA) is 0 Å².